The molecule has 0 radical (unpaired) electrons. The number of fused-ring (bicyclic) bond motifs is 12. The van der Waals surface area contributed by atoms with E-state index >= 15 is 0 Å². The van der Waals surface area contributed by atoms with E-state index in [1.807, 2.05) is 72.0 Å². The molecule has 3 aromatic heterocycles. The summed E-state index contributed by atoms with van der Waals surface area (Å²) in [5, 5.41) is 12.0. The molecule has 0 unspecified atom stereocenters. The molecule has 6 heteroatoms. The number of anilines is 3. The van der Waals surface area contributed by atoms with Gasteiger partial charge in [-0.2, -0.15) is 0 Å². The van der Waals surface area contributed by atoms with Gasteiger partial charge in [-0.1, -0.05) is 140 Å². The summed E-state index contributed by atoms with van der Waals surface area (Å²) in [4.78, 5) is 17.3. The molecule has 0 saturated carbocycles. The third-order valence-electron chi connectivity index (χ3n) is 12.3. The van der Waals surface area contributed by atoms with Gasteiger partial charge < -0.3 is 9.32 Å². The molecule has 0 aliphatic carbocycles. The van der Waals surface area contributed by atoms with Crippen molar-refractivity contribution in [2.45, 2.75) is 0 Å². The van der Waals surface area contributed by atoms with Crippen LogP contribution in [0.5, 0.6) is 0 Å². The quantitative estimate of drug-likeness (QED) is 0.156. The molecule has 0 bridgehead atoms. The number of hydrogen-bond acceptors (Lipinski definition) is 6. The minimum atomic E-state index is 0.617. The lowest BCUT2D eigenvalue weighted by Crippen LogP contribution is -2.10. The van der Waals surface area contributed by atoms with Crippen molar-refractivity contribution in [1.82, 2.24) is 15.0 Å². The Morgan fingerprint density at radius 1 is 0.333 bits per heavy atom. The van der Waals surface area contributed by atoms with Crippen LogP contribution < -0.4 is 4.90 Å². The normalized spacial score (nSPS) is 11.8. The first kappa shape index (κ1) is 35.6. The van der Waals surface area contributed by atoms with E-state index in [-0.39, 0.29) is 0 Å². The smallest absolute Gasteiger partial charge is 0.164 e. The van der Waals surface area contributed by atoms with Crippen molar-refractivity contribution in [2.75, 3.05) is 4.90 Å². The number of furan rings is 1. The van der Waals surface area contributed by atoms with Crippen LogP contribution in [0.25, 0.3) is 109 Å². The highest BCUT2D eigenvalue weighted by molar-refractivity contribution is 7.26. The standard InChI is InChI=1S/C57H34N4OS/c1-3-14-35(15-4-1)55-58-56(36-16-5-2-6-17-36)60-57(59-55)37-26-28-38(29-27-37)61(50-24-13-23-45-44-22-11-12-25-53(44)63-54(45)50)39-30-31-51-48(32-39)49-33-46-42-20-9-7-18-40(42)41-19-8-10-21-43(41)47(46)34-52(49)62-51/h1-34H. The number of nitrogens with zero attached hydrogens (tertiary/aromatic N) is 4. The van der Waals surface area contributed by atoms with Gasteiger partial charge in [0.05, 0.1) is 10.4 Å². The monoisotopic (exact) mass is 822 g/mol. The SMILES string of the molecule is c1ccc(-c2nc(-c3ccccc3)nc(-c3ccc(N(c4ccc5oc6cc7c8ccccc8c8ccccc8c7cc6c5c4)c4cccc5c4sc4ccccc45)cc3)n2)cc1. The predicted molar refractivity (Wildman–Crippen MR) is 264 cm³/mol. The van der Waals surface area contributed by atoms with Crippen LogP contribution in [0.2, 0.25) is 0 Å². The van der Waals surface area contributed by atoms with Crippen LogP contribution >= 0.6 is 11.3 Å². The van der Waals surface area contributed by atoms with Crippen LogP contribution in [0.15, 0.2) is 211 Å². The maximum Gasteiger partial charge on any atom is 0.164 e. The molecule has 0 aliphatic rings. The molecule has 10 aromatic carbocycles. The molecule has 0 atom stereocenters. The van der Waals surface area contributed by atoms with E-state index in [2.05, 4.69) is 150 Å². The van der Waals surface area contributed by atoms with E-state index < -0.39 is 0 Å². The van der Waals surface area contributed by atoms with Gasteiger partial charge in [0.15, 0.2) is 17.5 Å². The van der Waals surface area contributed by atoms with Crippen molar-refractivity contribution >= 4 is 103 Å². The second kappa shape index (κ2) is 14.2. The van der Waals surface area contributed by atoms with Crippen LogP contribution in [-0.4, -0.2) is 15.0 Å². The van der Waals surface area contributed by atoms with Crippen LogP contribution in [0.4, 0.5) is 17.1 Å². The van der Waals surface area contributed by atoms with E-state index in [1.165, 1.54) is 52.5 Å². The largest absolute Gasteiger partial charge is 0.456 e. The molecule has 294 valence electrons. The maximum absolute atomic E-state index is 6.69. The maximum atomic E-state index is 6.69. The summed E-state index contributed by atoms with van der Waals surface area (Å²) in [5.74, 6) is 1.89. The fraction of sp³-hybridized carbons (Fsp3) is 0. The molecular formula is C57H34N4OS. The zero-order valence-corrected chi connectivity index (χ0v) is 34.6. The molecule has 0 spiro atoms. The van der Waals surface area contributed by atoms with Crippen LogP contribution in [0.1, 0.15) is 0 Å². The fourth-order valence-electron chi connectivity index (χ4n) is 9.33. The van der Waals surface area contributed by atoms with E-state index in [1.54, 1.807) is 0 Å². The van der Waals surface area contributed by atoms with E-state index in [0.717, 1.165) is 55.7 Å². The highest BCUT2D eigenvalue weighted by Crippen LogP contribution is 2.47. The first-order valence-corrected chi connectivity index (χ1v) is 21.9. The number of hydrogen-bond donors (Lipinski definition) is 0. The Bertz CT molecular complexity index is 3860. The van der Waals surface area contributed by atoms with Gasteiger partial charge in [-0.15, -0.1) is 11.3 Å². The minimum absolute atomic E-state index is 0.617. The Labute approximate surface area is 365 Å². The molecule has 13 rings (SSSR count). The summed E-state index contributed by atoms with van der Waals surface area (Å²) in [6.07, 6.45) is 0. The highest BCUT2D eigenvalue weighted by atomic mass is 32.1. The van der Waals surface area contributed by atoms with E-state index in [4.69, 9.17) is 19.4 Å². The Hall–Kier alpha value is -8.19. The minimum Gasteiger partial charge on any atom is -0.456 e. The Morgan fingerprint density at radius 2 is 0.825 bits per heavy atom. The van der Waals surface area contributed by atoms with Crippen LogP contribution in [0.3, 0.4) is 0 Å². The second-order valence-corrected chi connectivity index (χ2v) is 17.0. The molecule has 0 aliphatic heterocycles. The van der Waals surface area contributed by atoms with Gasteiger partial charge in [0.25, 0.3) is 0 Å². The molecule has 5 nitrogen and oxygen atoms in total. The van der Waals surface area contributed by atoms with Gasteiger partial charge in [-0.25, -0.2) is 15.0 Å². The molecule has 0 amide bonds. The number of aromatic nitrogens is 3. The van der Waals surface area contributed by atoms with Gasteiger partial charge >= 0.3 is 0 Å². The number of rotatable bonds is 6. The lowest BCUT2D eigenvalue weighted by atomic mass is 9.93. The first-order chi connectivity index (χ1) is 31.2. The summed E-state index contributed by atoms with van der Waals surface area (Å²) in [7, 11) is 0. The lowest BCUT2D eigenvalue weighted by Gasteiger charge is -2.26. The molecule has 3 heterocycles. The van der Waals surface area contributed by atoms with Crippen molar-refractivity contribution in [3.63, 3.8) is 0 Å². The van der Waals surface area contributed by atoms with Crippen molar-refractivity contribution in [3.05, 3.63) is 206 Å². The average molecular weight is 823 g/mol. The Balaban J connectivity index is 1.00. The van der Waals surface area contributed by atoms with Crippen molar-refractivity contribution < 1.29 is 4.42 Å². The van der Waals surface area contributed by atoms with Crippen LogP contribution in [0, 0.1) is 0 Å². The number of thiophene rings is 1. The lowest BCUT2D eigenvalue weighted by molar-refractivity contribution is 0.669. The summed E-state index contributed by atoms with van der Waals surface area (Å²) in [6, 6.07) is 72.7. The first-order valence-electron chi connectivity index (χ1n) is 21.1. The molecule has 13 aromatic rings. The van der Waals surface area contributed by atoms with Crippen molar-refractivity contribution in [1.29, 1.82) is 0 Å². The topological polar surface area (TPSA) is 55.1 Å². The summed E-state index contributed by atoms with van der Waals surface area (Å²) >= 11 is 1.83. The van der Waals surface area contributed by atoms with Gasteiger partial charge in [0.2, 0.25) is 0 Å². The number of benzene rings is 10. The predicted octanol–water partition coefficient (Wildman–Crippen LogP) is 16.1. The third kappa shape index (κ3) is 5.80. The Kier molecular flexibility index (Phi) is 8.01. The van der Waals surface area contributed by atoms with Gasteiger partial charge in [0, 0.05) is 54.3 Å². The van der Waals surface area contributed by atoms with Gasteiger partial charge in [-0.3, -0.25) is 0 Å². The average Bonchev–Trinajstić information content (AvgIpc) is 3.92. The molecule has 0 N–H and O–H groups in total. The fourth-order valence-corrected chi connectivity index (χ4v) is 10.5. The third-order valence-corrected chi connectivity index (χ3v) is 13.5. The zero-order valence-electron chi connectivity index (χ0n) is 33.7. The van der Waals surface area contributed by atoms with Gasteiger partial charge in [-0.05, 0) is 99.0 Å². The molecule has 0 fully saturated rings. The summed E-state index contributed by atoms with van der Waals surface area (Å²) in [6.45, 7) is 0. The van der Waals surface area contributed by atoms with Crippen molar-refractivity contribution in [2.24, 2.45) is 0 Å². The summed E-state index contributed by atoms with van der Waals surface area (Å²) in [5.41, 5.74) is 7.66. The zero-order chi connectivity index (χ0) is 41.4. The Morgan fingerprint density at radius 3 is 1.46 bits per heavy atom. The highest BCUT2D eigenvalue weighted by Gasteiger charge is 2.21. The van der Waals surface area contributed by atoms with Gasteiger partial charge in [0.1, 0.15) is 11.2 Å². The second-order valence-electron chi connectivity index (χ2n) is 15.9. The van der Waals surface area contributed by atoms with Crippen molar-refractivity contribution in [3.8, 4) is 34.2 Å². The summed E-state index contributed by atoms with van der Waals surface area (Å²) < 4.78 is 9.17. The van der Waals surface area contributed by atoms with Crippen LogP contribution in [-0.2, 0) is 0 Å². The molecule has 63 heavy (non-hydrogen) atoms. The molecule has 0 saturated heterocycles. The molecular weight excluding hydrogens is 789 g/mol. The van der Waals surface area contributed by atoms with E-state index in [9.17, 15) is 0 Å². The van der Waals surface area contributed by atoms with E-state index in [0.29, 0.717) is 17.5 Å².